The van der Waals surface area contributed by atoms with Crippen LogP contribution < -0.4 is 20.1 Å². The Balaban J connectivity index is 2.04. The highest BCUT2D eigenvalue weighted by Crippen LogP contribution is 2.31. The van der Waals surface area contributed by atoms with Gasteiger partial charge in [0.15, 0.2) is 17.5 Å². The van der Waals surface area contributed by atoms with Gasteiger partial charge in [0.2, 0.25) is 0 Å². The molecular formula is C16H25N3O2. The standard InChI is InChI=1S/C16H25N3O2/c1-4-17-16(18-10-12-8-9-12)19-11-13-6-5-7-14(20-2)15(13)21-3/h5-7,12H,4,8-11H2,1-3H3,(H2,17,18,19). The van der Waals surface area contributed by atoms with Crippen molar-refractivity contribution in [1.29, 1.82) is 0 Å². The van der Waals surface area contributed by atoms with E-state index in [1.54, 1.807) is 14.2 Å². The second-order valence-corrected chi connectivity index (χ2v) is 5.17. The van der Waals surface area contributed by atoms with Gasteiger partial charge in [-0.1, -0.05) is 12.1 Å². The summed E-state index contributed by atoms with van der Waals surface area (Å²) in [7, 11) is 3.30. The van der Waals surface area contributed by atoms with Gasteiger partial charge in [0.05, 0.1) is 20.8 Å². The van der Waals surface area contributed by atoms with E-state index in [-0.39, 0.29) is 0 Å². The van der Waals surface area contributed by atoms with Gasteiger partial charge in [0, 0.05) is 18.7 Å². The van der Waals surface area contributed by atoms with E-state index in [1.807, 2.05) is 18.2 Å². The number of aliphatic imine (C=N–C) groups is 1. The van der Waals surface area contributed by atoms with Gasteiger partial charge in [-0.3, -0.25) is 0 Å². The summed E-state index contributed by atoms with van der Waals surface area (Å²) in [5, 5.41) is 6.65. The lowest BCUT2D eigenvalue weighted by molar-refractivity contribution is 0.352. The first-order valence-electron chi connectivity index (χ1n) is 7.50. The number of para-hydroxylation sites is 1. The van der Waals surface area contributed by atoms with Gasteiger partial charge in [-0.05, 0) is 31.7 Å². The predicted molar refractivity (Wildman–Crippen MR) is 85.1 cm³/mol. The Kier molecular flexibility index (Phi) is 5.72. The Bertz CT molecular complexity index is 484. The quantitative estimate of drug-likeness (QED) is 0.597. The monoisotopic (exact) mass is 291 g/mol. The molecule has 5 heteroatoms. The van der Waals surface area contributed by atoms with Gasteiger partial charge in [-0.25, -0.2) is 4.99 Å². The number of methoxy groups -OCH3 is 2. The lowest BCUT2D eigenvalue weighted by Gasteiger charge is -2.13. The van der Waals surface area contributed by atoms with Gasteiger partial charge >= 0.3 is 0 Å². The number of rotatable bonds is 7. The smallest absolute Gasteiger partial charge is 0.191 e. The van der Waals surface area contributed by atoms with Crippen molar-refractivity contribution in [3.8, 4) is 11.5 Å². The molecule has 1 aromatic rings. The van der Waals surface area contributed by atoms with Crippen molar-refractivity contribution in [2.24, 2.45) is 10.9 Å². The molecule has 0 radical (unpaired) electrons. The molecule has 1 fully saturated rings. The molecule has 0 aliphatic heterocycles. The summed E-state index contributed by atoms with van der Waals surface area (Å²) in [4.78, 5) is 4.63. The minimum atomic E-state index is 0.556. The van der Waals surface area contributed by atoms with E-state index in [1.165, 1.54) is 12.8 Å². The number of nitrogens with one attached hydrogen (secondary N) is 2. The molecule has 0 atom stereocenters. The molecule has 1 aliphatic carbocycles. The average molecular weight is 291 g/mol. The van der Waals surface area contributed by atoms with Crippen molar-refractivity contribution >= 4 is 5.96 Å². The van der Waals surface area contributed by atoms with Crippen LogP contribution in [-0.4, -0.2) is 33.3 Å². The van der Waals surface area contributed by atoms with E-state index >= 15 is 0 Å². The molecular weight excluding hydrogens is 266 g/mol. The Morgan fingerprint density at radius 3 is 2.67 bits per heavy atom. The van der Waals surface area contributed by atoms with Crippen molar-refractivity contribution < 1.29 is 9.47 Å². The summed E-state index contributed by atoms with van der Waals surface area (Å²) >= 11 is 0. The molecule has 5 nitrogen and oxygen atoms in total. The second-order valence-electron chi connectivity index (χ2n) is 5.17. The molecule has 0 unspecified atom stereocenters. The summed E-state index contributed by atoms with van der Waals surface area (Å²) in [6, 6.07) is 5.86. The third-order valence-electron chi connectivity index (χ3n) is 3.49. The molecule has 0 saturated heterocycles. The van der Waals surface area contributed by atoms with Crippen molar-refractivity contribution in [2.45, 2.75) is 26.3 Å². The fourth-order valence-electron chi connectivity index (χ4n) is 2.15. The third kappa shape index (κ3) is 4.55. The molecule has 1 aromatic carbocycles. The molecule has 0 aromatic heterocycles. The maximum Gasteiger partial charge on any atom is 0.191 e. The first-order chi connectivity index (χ1) is 10.3. The summed E-state index contributed by atoms with van der Waals surface area (Å²) in [6.07, 6.45) is 2.66. The molecule has 0 heterocycles. The van der Waals surface area contributed by atoms with Crippen LogP contribution in [0, 0.1) is 5.92 Å². The van der Waals surface area contributed by atoms with Crippen LogP contribution in [0.25, 0.3) is 0 Å². The van der Waals surface area contributed by atoms with Gasteiger partial charge in [-0.2, -0.15) is 0 Å². The highest BCUT2D eigenvalue weighted by Gasteiger charge is 2.21. The SMILES string of the molecule is CCNC(=NCc1cccc(OC)c1OC)NCC1CC1. The maximum atomic E-state index is 5.43. The van der Waals surface area contributed by atoms with E-state index < -0.39 is 0 Å². The number of guanidine groups is 1. The van der Waals surface area contributed by atoms with Crippen LogP contribution in [0.2, 0.25) is 0 Å². The van der Waals surface area contributed by atoms with Crippen LogP contribution >= 0.6 is 0 Å². The van der Waals surface area contributed by atoms with Crippen LogP contribution in [0.1, 0.15) is 25.3 Å². The van der Waals surface area contributed by atoms with Gasteiger partial charge < -0.3 is 20.1 Å². The number of benzene rings is 1. The van der Waals surface area contributed by atoms with Crippen LogP contribution in [0.4, 0.5) is 0 Å². The Morgan fingerprint density at radius 1 is 1.24 bits per heavy atom. The summed E-state index contributed by atoms with van der Waals surface area (Å²) < 4.78 is 10.7. The zero-order chi connectivity index (χ0) is 15.1. The molecule has 0 amide bonds. The van der Waals surface area contributed by atoms with E-state index in [4.69, 9.17) is 9.47 Å². The fourth-order valence-corrected chi connectivity index (χ4v) is 2.15. The highest BCUT2D eigenvalue weighted by atomic mass is 16.5. The van der Waals surface area contributed by atoms with Gasteiger partial charge in [0.25, 0.3) is 0 Å². The highest BCUT2D eigenvalue weighted by molar-refractivity contribution is 5.79. The van der Waals surface area contributed by atoms with Crippen molar-refractivity contribution in [3.05, 3.63) is 23.8 Å². The Morgan fingerprint density at radius 2 is 2.05 bits per heavy atom. The normalized spacial score (nSPS) is 14.7. The van der Waals surface area contributed by atoms with Crippen molar-refractivity contribution in [2.75, 3.05) is 27.3 Å². The number of hydrogen-bond acceptors (Lipinski definition) is 3. The third-order valence-corrected chi connectivity index (χ3v) is 3.49. The molecule has 2 rings (SSSR count). The summed E-state index contributed by atoms with van der Waals surface area (Å²) in [5.74, 6) is 3.16. The predicted octanol–water partition coefficient (Wildman–Crippen LogP) is 2.17. The topological polar surface area (TPSA) is 54.9 Å². The number of ether oxygens (including phenoxy) is 2. The van der Waals surface area contributed by atoms with Gasteiger partial charge in [-0.15, -0.1) is 0 Å². The zero-order valence-electron chi connectivity index (χ0n) is 13.1. The fraction of sp³-hybridized carbons (Fsp3) is 0.562. The minimum absolute atomic E-state index is 0.556. The molecule has 0 bridgehead atoms. The van der Waals surface area contributed by atoms with Crippen LogP contribution in [0.3, 0.4) is 0 Å². The number of nitrogens with zero attached hydrogens (tertiary/aromatic N) is 1. The second kappa shape index (κ2) is 7.76. The Labute approximate surface area is 126 Å². The Hall–Kier alpha value is -1.91. The zero-order valence-corrected chi connectivity index (χ0v) is 13.1. The van der Waals surface area contributed by atoms with E-state index in [0.29, 0.717) is 6.54 Å². The van der Waals surface area contributed by atoms with Crippen LogP contribution in [0.15, 0.2) is 23.2 Å². The van der Waals surface area contributed by atoms with Crippen molar-refractivity contribution in [1.82, 2.24) is 10.6 Å². The molecule has 116 valence electrons. The molecule has 1 saturated carbocycles. The van der Waals surface area contributed by atoms with E-state index in [0.717, 1.165) is 42.0 Å². The van der Waals surface area contributed by atoms with E-state index in [2.05, 4.69) is 22.5 Å². The molecule has 2 N–H and O–H groups in total. The molecule has 1 aliphatic rings. The largest absolute Gasteiger partial charge is 0.493 e. The van der Waals surface area contributed by atoms with Gasteiger partial charge in [0.1, 0.15) is 0 Å². The number of hydrogen-bond donors (Lipinski definition) is 2. The lowest BCUT2D eigenvalue weighted by atomic mass is 10.2. The van der Waals surface area contributed by atoms with Crippen LogP contribution in [0.5, 0.6) is 11.5 Å². The minimum Gasteiger partial charge on any atom is -0.493 e. The lowest BCUT2D eigenvalue weighted by Crippen LogP contribution is -2.38. The average Bonchev–Trinajstić information content (AvgIpc) is 3.33. The summed E-state index contributed by atoms with van der Waals surface area (Å²) in [6.45, 7) is 4.48. The van der Waals surface area contributed by atoms with Crippen molar-refractivity contribution in [3.63, 3.8) is 0 Å². The first kappa shape index (κ1) is 15.5. The summed E-state index contributed by atoms with van der Waals surface area (Å²) in [5.41, 5.74) is 1.01. The van der Waals surface area contributed by atoms with Crippen LogP contribution in [-0.2, 0) is 6.54 Å². The van der Waals surface area contributed by atoms with E-state index in [9.17, 15) is 0 Å². The molecule has 21 heavy (non-hydrogen) atoms. The molecule has 0 spiro atoms. The first-order valence-corrected chi connectivity index (χ1v) is 7.50. The maximum absolute atomic E-state index is 5.43.